The highest BCUT2D eigenvalue weighted by Crippen LogP contribution is 2.24. The van der Waals surface area contributed by atoms with Crippen LogP contribution in [0, 0.1) is 0 Å². The number of nitrogens with two attached hydrogens (primary N) is 1. The number of carbonyl (C=O) groups excluding carboxylic acids is 2. The molecule has 28 heavy (non-hydrogen) atoms. The summed E-state index contributed by atoms with van der Waals surface area (Å²) >= 11 is 1.01. The van der Waals surface area contributed by atoms with Crippen LogP contribution in [0.15, 0.2) is 10.5 Å². The third kappa shape index (κ3) is 4.93. The lowest BCUT2D eigenvalue weighted by atomic mass is 9.99. The summed E-state index contributed by atoms with van der Waals surface area (Å²) in [6.07, 6.45) is 0.703. The Hall–Kier alpha value is -2.34. The van der Waals surface area contributed by atoms with Crippen LogP contribution < -0.4 is 11.1 Å². The number of rotatable bonds is 8. The minimum atomic E-state index is -5.00. The van der Waals surface area contributed by atoms with E-state index in [0.717, 1.165) is 18.4 Å². The maximum Gasteiger partial charge on any atom is 0.362 e. The van der Waals surface area contributed by atoms with Crippen LogP contribution in [0.25, 0.3) is 0 Å². The number of aromatic nitrogens is 1. The van der Waals surface area contributed by atoms with Crippen molar-refractivity contribution in [3.63, 3.8) is 0 Å². The van der Waals surface area contributed by atoms with Crippen LogP contribution >= 0.6 is 11.3 Å². The predicted octanol–water partition coefficient (Wildman–Crippen LogP) is -2.45. The quantitative estimate of drug-likeness (QED) is 0.123. The van der Waals surface area contributed by atoms with E-state index < -0.39 is 50.9 Å². The van der Waals surface area contributed by atoms with Crippen molar-refractivity contribution in [2.45, 2.75) is 12.1 Å². The smallest absolute Gasteiger partial charge is 0.362 e. The number of nitrogen functional groups attached to an aromatic ring is 1. The molecule has 1 aliphatic heterocycles. The Morgan fingerprint density at radius 3 is 2.57 bits per heavy atom. The molecule has 1 saturated heterocycles. The molecule has 4 N–H and O–H groups in total. The van der Waals surface area contributed by atoms with E-state index >= 15 is 0 Å². The Morgan fingerprint density at radius 1 is 1.46 bits per heavy atom. The number of nitrogens with zero attached hydrogens (tertiary/aromatic N) is 3. The summed E-state index contributed by atoms with van der Waals surface area (Å²) in [6, 6.07) is -3.03. The second kappa shape index (κ2) is 7.95. The molecule has 0 bridgehead atoms. The van der Waals surface area contributed by atoms with Gasteiger partial charge in [0.15, 0.2) is 10.8 Å². The molecule has 14 nitrogen and oxygen atoms in total. The van der Waals surface area contributed by atoms with Gasteiger partial charge in [0, 0.05) is 5.38 Å². The Kier molecular flexibility index (Phi) is 6.24. The molecule has 1 aliphatic rings. The Bertz CT molecular complexity index is 1020. The predicted molar refractivity (Wildman–Crippen MR) is 95.0 cm³/mol. The molecule has 17 heteroatoms. The lowest BCUT2D eigenvalue weighted by molar-refractivity contribution is -0.146. The molecule has 0 spiro atoms. The topological polar surface area (TPSA) is 208 Å². The van der Waals surface area contributed by atoms with E-state index in [0.29, 0.717) is 6.26 Å². The van der Waals surface area contributed by atoms with Crippen molar-refractivity contribution in [1.82, 2.24) is 14.6 Å². The van der Waals surface area contributed by atoms with Crippen molar-refractivity contribution in [1.29, 1.82) is 0 Å². The highest BCUT2D eigenvalue weighted by molar-refractivity contribution is 7.86. The van der Waals surface area contributed by atoms with Crippen molar-refractivity contribution >= 4 is 54.4 Å². The van der Waals surface area contributed by atoms with E-state index in [9.17, 15) is 26.4 Å². The fraction of sp³-hybridized carbons (Fsp3) is 0.455. The van der Waals surface area contributed by atoms with Gasteiger partial charge in [-0.05, 0) is 0 Å². The summed E-state index contributed by atoms with van der Waals surface area (Å²) in [5, 5.41) is 7.20. The molecule has 2 amide bonds. The summed E-state index contributed by atoms with van der Waals surface area (Å²) in [7, 11) is -7.84. The highest BCUT2D eigenvalue weighted by atomic mass is 32.2. The number of nitrogens with one attached hydrogen (secondary N) is 1. The van der Waals surface area contributed by atoms with Gasteiger partial charge in [-0.3, -0.25) is 18.3 Å². The van der Waals surface area contributed by atoms with Crippen LogP contribution in [0.2, 0.25) is 0 Å². The SMILES string of the molecule is CO/N=C(\C(=O)N[C@H]1C(=O)N(S(=O)(=O)O)[C@H]1COS(C)(=O)=O)c1csc(N)n1. The van der Waals surface area contributed by atoms with Gasteiger partial charge in [0.05, 0.1) is 12.9 Å². The lowest BCUT2D eigenvalue weighted by Crippen LogP contribution is -2.73. The second-order valence-electron chi connectivity index (χ2n) is 5.31. The summed E-state index contributed by atoms with van der Waals surface area (Å²) in [6.45, 7) is -0.824. The van der Waals surface area contributed by atoms with Crippen LogP contribution in [0.3, 0.4) is 0 Å². The molecule has 156 valence electrons. The van der Waals surface area contributed by atoms with Crippen molar-refractivity contribution in [3.05, 3.63) is 11.1 Å². The number of carbonyl (C=O) groups is 2. The number of thiazole rings is 1. The van der Waals surface area contributed by atoms with E-state index in [2.05, 4.69) is 24.5 Å². The number of anilines is 1. The minimum Gasteiger partial charge on any atom is -0.398 e. The van der Waals surface area contributed by atoms with E-state index in [1.165, 1.54) is 5.38 Å². The van der Waals surface area contributed by atoms with Gasteiger partial charge in [-0.2, -0.15) is 16.8 Å². The molecule has 2 heterocycles. The van der Waals surface area contributed by atoms with Gasteiger partial charge in [-0.25, -0.2) is 9.29 Å². The van der Waals surface area contributed by atoms with Crippen molar-refractivity contribution in [2.75, 3.05) is 25.7 Å². The summed E-state index contributed by atoms with van der Waals surface area (Å²) in [4.78, 5) is 32.9. The molecule has 1 aromatic rings. The third-order valence-electron chi connectivity index (χ3n) is 3.32. The molecule has 1 aromatic heterocycles. The number of hydrogen-bond acceptors (Lipinski definition) is 12. The maximum absolute atomic E-state index is 12.5. The molecule has 0 unspecified atom stereocenters. The Balaban J connectivity index is 2.24. The number of β-lactam (4-membered cyclic amide) rings is 1. The number of amides is 2. The zero-order valence-corrected chi connectivity index (χ0v) is 16.7. The van der Waals surface area contributed by atoms with Crippen molar-refractivity contribution < 1.29 is 40.0 Å². The highest BCUT2D eigenvalue weighted by Gasteiger charge is 2.54. The van der Waals surface area contributed by atoms with Crippen LogP contribution in [-0.2, 0) is 39.0 Å². The van der Waals surface area contributed by atoms with Crippen LogP contribution in [0.1, 0.15) is 5.69 Å². The standard InChI is InChI=1S/C11H15N5O9S3/c1-24-15-7(5-4-26-11(12)13-5)9(17)14-8-6(3-25-27(2,19)20)16(10(8)18)28(21,22)23/h4,6,8H,3H2,1-2H3,(H2,12,13)(H,14,17)(H,21,22,23)/b15-7-/t6-,8+/m0/s1. The summed E-state index contributed by atoms with van der Waals surface area (Å²) < 4.78 is 58.6. The second-order valence-corrected chi connectivity index (χ2v) is 9.14. The molecule has 0 aliphatic carbocycles. The number of hydrogen-bond donors (Lipinski definition) is 3. The Morgan fingerprint density at radius 2 is 2.11 bits per heavy atom. The van der Waals surface area contributed by atoms with E-state index in [1.54, 1.807) is 0 Å². The molecule has 2 atom stereocenters. The molecule has 0 saturated carbocycles. The first kappa shape index (κ1) is 22.0. The van der Waals surface area contributed by atoms with Crippen molar-refractivity contribution in [2.24, 2.45) is 5.16 Å². The summed E-state index contributed by atoms with van der Waals surface area (Å²) in [5.74, 6) is -2.18. The van der Waals surface area contributed by atoms with E-state index in [-0.39, 0.29) is 20.8 Å². The molecule has 0 aromatic carbocycles. The molecule has 2 rings (SSSR count). The molecule has 0 radical (unpaired) electrons. The van der Waals surface area contributed by atoms with Crippen LogP contribution in [-0.4, -0.2) is 80.3 Å². The largest absolute Gasteiger partial charge is 0.398 e. The van der Waals surface area contributed by atoms with Gasteiger partial charge in [0.1, 0.15) is 24.9 Å². The first-order valence-corrected chi connectivity index (χ1v) is 11.2. The zero-order valence-electron chi connectivity index (χ0n) is 14.3. The van der Waals surface area contributed by atoms with Crippen molar-refractivity contribution in [3.8, 4) is 0 Å². The normalized spacial score (nSPS) is 20.6. The summed E-state index contributed by atoms with van der Waals surface area (Å²) in [5.41, 5.74) is 5.16. The van der Waals surface area contributed by atoms with Gasteiger partial charge in [0.25, 0.3) is 21.9 Å². The fourth-order valence-electron chi connectivity index (χ4n) is 2.22. The molecular formula is C11H15N5O9S3. The third-order valence-corrected chi connectivity index (χ3v) is 5.51. The van der Waals surface area contributed by atoms with Gasteiger partial charge in [0.2, 0.25) is 0 Å². The van der Waals surface area contributed by atoms with Gasteiger partial charge in [-0.1, -0.05) is 5.16 Å². The molecular weight excluding hydrogens is 442 g/mol. The lowest BCUT2D eigenvalue weighted by Gasteiger charge is -2.43. The molecule has 1 fully saturated rings. The Labute approximate surface area is 163 Å². The maximum atomic E-state index is 12.5. The van der Waals surface area contributed by atoms with Gasteiger partial charge in [-0.15, -0.1) is 11.3 Å². The first-order valence-electron chi connectivity index (χ1n) is 7.13. The first-order chi connectivity index (χ1) is 12.8. The zero-order chi connectivity index (χ0) is 21.3. The van der Waals surface area contributed by atoms with E-state index in [4.69, 9.17) is 10.3 Å². The average Bonchev–Trinajstić information content (AvgIpc) is 2.97. The van der Waals surface area contributed by atoms with Gasteiger partial charge >= 0.3 is 10.3 Å². The van der Waals surface area contributed by atoms with Crippen LogP contribution in [0.4, 0.5) is 5.13 Å². The fourth-order valence-corrected chi connectivity index (χ4v) is 4.02. The minimum absolute atomic E-state index is 0.00288. The average molecular weight is 457 g/mol. The van der Waals surface area contributed by atoms with Gasteiger partial charge < -0.3 is 15.9 Å². The number of oxime groups is 1. The monoisotopic (exact) mass is 457 g/mol. The van der Waals surface area contributed by atoms with Crippen LogP contribution in [0.5, 0.6) is 0 Å². The van der Waals surface area contributed by atoms with E-state index in [1.807, 2.05) is 0 Å².